The van der Waals surface area contributed by atoms with E-state index in [0.29, 0.717) is 6.07 Å². The van der Waals surface area contributed by atoms with Crippen LogP contribution in [0, 0.1) is 23.1 Å². The Labute approximate surface area is 78.7 Å². The maximum Gasteiger partial charge on any atom is 0.207 e. The topological polar surface area (TPSA) is 74.2 Å². The van der Waals surface area contributed by atoms with Crippen LogP contribution in [0.4, 0.5) is 14.5 Å². The lowest BCUT2D eigenvalue weighted by Gasteiger charge is -1.98. The Morgan fingerprint density at radius 1 is 1.50 bits per heavy atom. The molecule has 0 aromatic heterocycles. The van der Waals surface area contributed by atoms with E-state index < -0.39 is 11.6 Å². The van der Waals surface area contributed by atoms with Gasteiger partial charge in [0.25, 0.3) is 0 Å². The van der Waals surface area contributed by atoms with E-state index in [9.17, 15) is 8.78 Å². The maximum absolute atomic E-state index is 12.9. The summed E-state index contributed by atoms with van der Waals surface area (Å²) in [6, 6.07) is 2.84. The molecule has 14 heavy (non-hydrogen) atoms. The fourth-order valence-corrected chi connectivity index (χ4v) is 0.787. The molecule has 1 aromatic rings. The molecule has 0 saturated heterocycles. The molecule has 0 heterocycles. The molecule has 0 radical (unpaired) electrons. The Morgan fingerprint density at radius 3 is 2.79 bits per heavy atom. The number of aliphatic imine (C=N–C) groups is 1. The summed E-state index contributed by atoms with van der Waals surface area (Å²) in [6.45, 7) is 0. The highest BCUT2D eigenvalue weighted by molar-refractivity contribution is 5.82. The number of halogens is 2. The summed E-state index contributed by atoms with van der Waals surface area (Å²) < 4.78 is 25.4. The monoisotopic (exact) mass is 196 g/mol. The smallest absolute Gasteiger partial charge is 0.207 e. The Hall–Kier alpha value is -2.16. The van der Waals surface area contributed by atoms with Gasteiger partial charge in [-0.3, -0.25) is 5.32 Å². The summed E-state index contributed by atoms with van der Waals surface area (Å²) in [5.74, 6) is -1.79. The number of hydrogen-bond acceptors (Lipinski definition) is 2. The molecule has 4 nitrogen and oxygen atoms in total. The maximum atomic E-state index is 12.9. The van der Waals surface area contributed by atoms with Gasteiger partial charge in [-0.05, 0) is 12.1 Å². The summed E-state index contributed by atoms with van der Waals surface area (Å²) in [6.07, 6.45) is 1.52. The van der Waals surface area contributed by atoms with Crippen molar-refractivity contribution in [2.24, 2.45) is 10.7 Å². The highest BCUT2D eigenvalue weighted by atomic mass is 19.1. The Bertz CT molecular complexity index is 408. The molecule has 0 spiro atoms. The lowest BCUT2D eigenvalue weighted by molar-refractivity contribution is 0.585. The lowest BCUT2D eigenvalue weighted by atomic mass is 10.3. The third-order valence-electron chi connectivity index (χ3n) is 1.33. The van der Waals surface area contributed by atoms with Crippen LogP contribution >= 0.6 is 0 Å². The van der Waals surface area contributed by atoms with E-state index in [2.05, 4.69) is 4.99 Å². The van der Waals surface area contributed by atoms with Crippen molar-refractivity contribution in [3.63, 3.8) is 0 Å². The van der Waals surface area contributed by atoms with Crippen molar-refractivity contribution >= 4 is 11.6 Å². The van der Waals surface area contributed by atoms with Gasteiger partial charge < -0.3 is 5.73 Å². The average molecular weight is 196 g/mol. The quantitative estimate of drug-likeness (QED) is 0.304. The lowest BCUT2D eigenvalue weighted by Crippen LogP contribution is -2.26. The van der Waals surface area contributed by atoms with Crippen LogP contribution in [0.25, 0.3) is 0 Å². The fraction of sp³-hybridized carbons (Fsp3) is 0. The first kappa shape index (κ1) is 9.92. The highest BCUT2D eigenvalue weighted by Crippen LogP contribution is 2.17. The molecule has 0 aliphatic carbocycles. The first-order chi connectivity index (χ1) is 6.63. The van der Waals surface area contributed by atoms with Gasteiger partial charge in [-0.1, -0.05) is 0 Å². The number of nitrogens with zero attached hydrogens (tertiary/aromatic N) is 2. The zero-order chi connectivity index (χ0) is 10.6. The van der Waals surface area contributed by atoms with Gasteiger partial charge in [0, 0.05) is 6.07 Å². The van der Waals surface area contributed by atoms with Crippen LogP contribution in [0.5, 0.6) is 0 Å². The van der Waals surface area contributed by atoms with Crippen molar-refractivity contribution in [2.45, 2.75) is 0 Å². The minimum Gasteiger partial charge on any atom is -0.369 e. The number of nitrogens with two attached hydrogens (primary N) is 1. The van der Waals surface area contributed by atoms with Crippen LogP contribution in [0.1, 0.15) is 0 Å². The molecule has 0 fully saturated rings. The standard InChI is InChI=1S/C8H6F2N4/c9-5-1-2-7(6(10)3-5)14-8(12)13-4-11/h1-3H,(H3,12,13,14). The van der Waals surface area contributed by atoms with Gasteiger partial charge in [-0.2, -0.15) is 5.26 Å². The van der Waals surface area contributed by atoms with E-state index in [0.717, 1.165) is 12.1 Å². The van der Waals surface area contributed by atoms with Gasteiger partial charge in [0.2, 0.25) is 5.96 Å². The minimum absolute atomic E-state index is 0.133. The van der Waals surface area contributed by atoms with Gasteiger partial charge in [0.1, 0.15) is 11.5 Å². The Kier molecular flexibility index (Phi) is 2.97. The van der Waals surface area contributed by atoms with Crippen molar-refractivity contribution in [1.29, 1.82) is 5.26 Å². The number of hydrogen-bond donors (Lipinski definition) is 2. The molecule has 1 rings (SSSR count). The summed E-state index contributed by atoms with van der Waals surface area (Å²) in [5, 5.41) is 10.2. The molecule has 0 bridgehead atoms. The largest absolute Gasteiger partial charge is 0.369 e. The average Bonchev–Trinajstić information content (AvgIpc) is 2.10. The predicted octanol–water partition coefficient (Wildman–Crippen LogP) is 0.982. The number of guanidine groups is 1. The summed E-state index contributed by atoms with van der Waals surface area (Å²) in [4.78, 5) is 3.51. The van der Waals surface area contributed by atoms with Crippen molar-refractivity contribution in [3.8, 4) is 6.19 Å². The molecule has 0 unspecified atom stereocenters. The van der Waals surface area contributed by atoms with Crippen LogP contribution in [-0.2, 0) is 0 Å². The van der Waals surface area contributed by atoms with E-state index in [1.54, 1.807) is 0 Å². The SMILES string of the molecule is N#CNC(N)=Nc1ccc(F)cc1F. The molecule has 0 amide bonds. The van der Waals surface area contributed by atoms with Crippen LogP contribution in [0.2, 0.25) is 0 Å². The van der Waals surface area contributed by atoms with Crippen LogP contribution < -0.4 is 11.1 Å². The third-order valence-corrected chi connectivity index (χ3v) is 1.33. The second kappa shape index (κ2) is 4.18. The molecular weight excluding hydrogens is 190 g/mol. The van der Waals surface area contributed by atoms with Crippen LogP contribution in [0.3, 0.4) is 0 Å². The molecule has 0 aliphatic rings. The number of nitriles is 1. The Balaban J connectivity index is 2.98. The number of rotatable bonds is 1. The minimum atomic E-state index is -0.840. The van der Waals surface area contributed by atoms with Gasteiger partial charge in [-0.15, -0.1) is 0 Å². The second-order valence-electron chi connectivity index (χ2n) is 2.33. The molecule has 0 aliphatic heterocycles. The number of nitrogens with one attached hydrogen (secondary N) is 1. The molecule has 1 aromatic carbocycles. The van der Waals surface area contributed by atoms with Crippen molar-refractivity contribution in [1.82, 2.24) is 5.32 Å². The van der Waals surface area contributed by atoms with E-state index >= 15 is 0 Å². The molecule has 3 N–H and O–H groups in total. The van der Waals surface area contributed by atoms with Crippen molar-refractivity contribution < 1.29 is 8.78 Å². The molecular formula is C8H6F2N4. The highest BCUT2D eigenvalue weighted by Gasteiger charge is 2.02. The number of benzene rings is 1. The summed E-state index contributed by atoms with van der Waals surface area (Å²) in [5.41, 5.74) is 5.05. The molecule has 72 valence electrons. The van der Waals surface area contributed by atoms with E-state index in [1.807, 2.05) is 5.32 Å². The summed E-state index contributed by atoms with van der Waals surface area (Å²) in [7, 11) is 0. The van der Waals surface area contributed by atoms with E-state index in [1.165, 1.54) is 6.19 Å². The summed E-state index contributed by atoms with van der Waals surface area (Å²) >= 11 is 0. The third kappa shape index (κ3) is 2.42. The zero-order valence-electron chi connectivity index (χ0n) is 6.96. The van der Waals surface area contributed by atoms with Crippen LogP contribution in [-0.4, -0.2) is 5.96 Å². The van der Waals surface area contributed by atoms with Crippen molar-refractivity contribution in [3.05, 3.63) is 29.8 Å². The fourth-order valence-electron chi connectivity index (χ4n) is 0.787. The van der Waals surface area contributed by atoms with Crippen LogP contribution in [0.15, 0.2) is 23.2 Å². The van der Waals surface area contributed by atoms with Crippen molar-refractivity contribution in [2.75, 3.05) is 0 Å². The Morgan fingerprint density at radius 2 is 2.21 bits per heavy atom. The van der Waals surface area contributed by atoms with Gasteiger partial charge in [0.05, 0.1) is 0 Å². The van der Waals surface area contributed by atoms with E-state index in [4.69, 9.17) is 11.0 Å². The first-order valence-electron chi connectivity index (χ1n) is 3.58. The molecule has 0 saturated carbocycles. The van der Waals surface area contributed by atoms with Gasteiger partial charge in [-0.25, -0.2) is 13.8 Å². The molecule has 6 heteroatoms. The van der Waals surface area contributed by atoms with E-state index in [-0.39, 0.29) is 11.6 Å². The zero-order valence-corrected chi connectivity index (χ0v) is 6.96. The second-order valence-corrected chi connectivity index (χ2v) is 2.33. The molecule has 0 atom stereocenters. The first-order valence-corrected chi connectivity index (χ1v) is 3.58. The van der Waals surface area contributed by atoms with Gasteiger partial charge in [0.15, 0.2) is 12.0 Å². The van der Waals surface area contributed by atoms with Gasteiger partial charge >= 0.3 is 0 Å². The normalized spacial score (nSPS) is 10.8. The predicted molar refractivity (Wildman–Crippen MR) is 46.4 cm³/mol.